The molecule has 0 aliphatic heterocycles. The maximum atomic E-state index is 12.3. The summed E-state index contributed by atoms with van der Waals surface area (Å²) < 4.78 is 0. The quantitative estimate of drug-likeness (QED) is 0.736. The van der Waals surface area contributed by atoms with E-state index in [1.807, 2.05) is 0 Å². The Morgan fingerprint density at radius 3 is 2.43 bits per heavy atom. The average Bonchev–Trinajstić information content (AvgIpc) is 2.49. The first kappa shape index (κ1) is 13.8. The Kier molecular flexibility index (Phi) is 3.49. The first-order valence-corrected chi connectivity index (χ1v) is 6.80. The fourth-order valence-electron chi connectivity index (χ4n) is 1.96. The number of hydrogen-bond donors (Lipinski definition) is 1. The number of benzene rings is 2. The van der Waals surface area contributed by atoms with Crippen LogP contribution in [0.4, 0.5) is 0 Å². The highest BCUT2D eigenvalue weighted by Crippen LogP contribution is 2.25. The second-order valence-corrected chi connectivity index (χ2v) is 5.21. The Labute approximate surface area is 129 Å². The summed E-state index contributed by atoms with van der Waals surface area (Å²) in [7, 11) is 0. The highest BCUT2D eigenvalue weighted by molar-refractivity contribution is 6.42. The van der Waals surface area contributed by atoms with Gasteiger partial charge in [0.25, 0.3) is 5.56 Å². The molecule has 0 fully saturated rings. The van der Waals surface area contributed by atoms with Crippen LogP contribution in [-0.4, -0.2) is 15.8 Å². The van der Waals surface area contributed by atoms with Crippen molar-refractivity contribution in [1.29, 1.82) is 0 Å². The molecule has 0 bridgehead atoms. The van der Waals surface area contributed by atoms with Gasteiger partial charge in [-0.15, -0.1) is 0 Å². The topological polar surface area (TPSA) is 62.8 Å². The van der Waals surface area contributed by atoms with Gasteiger partial charge in [0, 0.05) is 5.56 Å². The monoisotopic (exact) mass is 318 g/mol. The van der Waals surface area contributed by atoms with Crippen LogP contribution in [0.15, 0.2) is 47.3 Å². The van der Waals surface area contributed by atoms with Crippen LogP contribution in [0.5, 0.6) is 0 Å². The Morgan fingerprint density at radius 2 is 1.71 bits per heavy atom. The van der Waals surface area contributed by atoms with E-state index >= 15 is 0 Å². The van der Waals surface area contributed by atoms with Crippen LogP contribution >= 0.6 is 23.2 Å². The number of fused-ring (bicyclic) bond motifs is 1. The molecule has 0 radical (unpaired) electrons. The van der Waals surface area contributed by atoms with Crippen molar-refractivity contribution in [3.63, 3.8) is 0 Å². The minimum Gasteiger partial charge on any atom is -0.319 e. The van der Waals surface area contributed by atoms with Crippen molar-refractivity contribution in [2.45, 2.75) is 0 Å². The summed E-state index contributed by atoms with van der Waals surface area (Å²) in [5.74, 6) is -0.440. The average molecular weight is 319 g/mol. The maximum absolute atomic E-state index is 12.3. The van der Waals surface area contributed by atoms with E-state index in [2.05, 4.69) is 9.97 Å². The Hall–Kier alpha value is -2.17. The Morgan fingerprint density at radius 1 is 1.05 bits per heavy atom. The van der Waals surface area contributed by atoms with E-state index in [9.17, 15) is 9.59 Å². The van der Waals surface area contributed by atoms with Gasteiger partial charge >= 0.3 is 0 Å². The number of aromatic nitrogens is 2. The van der Waals surface area contributed by atoms with Gasteiger partial charge in [-0.3, -0.25) is 9.59 Å². The third kappa shape index (κ3) is 2.55. The third-order valence-corrected chi connectivity index (χ3v) is 3.71. The van der Waals surface area contributed by atoms with E-state index in [1.165, 1.54) is 12.1 Å². The van der Waals surface area contributed by atoms with Gasteiger partial charge in [0.05, 0.1) is 21.1 Å². The highest BCUT2D eigenvalue weighted by atomic mass is 35.5. The van der Waals surface area contributed by atoms with Crippen LogP contribution in [0.25, 0.3) is 11.0 Å². The molecule has 0 spiro atoms. The van der Waals surface area contributed by atoms with Crippen molar-refractivity contribution in [2.75, 3.05) is 0 Å². The smallest absolute Gasteiger partial charge is 0.278 e. The summed E-state index contributed by atoms with van der Waals surface area (Å²) in [6.07, 6.45) is 0. The molecule has 0 unspecified atom stereocenters. The number of ketones is 1. The van der Waals surface area contributed by atoms with Crippen LogP contribution in [0.2, 0.25) is 10.0 Å². The summed E-state index contributed by atoms with van der Waals surface area (Å²) in [6, 6.07) is 11.5. The number of aromatic amines is 1. The molecule has 0 amide bonds. The van der Waals surface area contributed by atoms with Crippen molar-refractivity contribution in [1.82, 2.24) is 9.97 Å². The molecule has 3 aromatic rings. The lowest BCUT2D eigenvalue weighted by molar-refractivity contribution is 0.103. The van der Waals surface area contributed by atoms with Gasteiger partial charge in [0.15, 0.2) is 5.69 Å². The number of carbonyl (C=O) groups is 1. The van der Waals surface area contributed by atoms with E-state index < -0.39 is 11.3 Å². The molecule has 1 N–H and O–H groups in total. The number of halogens is 2. The van der Waals surface area contributed by atoms with E-state index in [4.69, 9.17) is 23.2 Å². The molecule has 0 atom stereocenters. The molecular weight excluding hydrogens is 311 g/mol. The lowest BCUT2D eigenvalue weighted by atomic mass is 10.1. The van der Waals surface area contributed by atoms with Crippen LogP contribution < -0.4 is 5.56 Å². The summed E-state index contributed by atoms with van der Waals surface area (Å²) in [5.41, 5.74) is 0.499. The van der Waals surface area contributed by atoms with Crippen LogP contribution in [0.1, 0.15) is 16.1 Å². The predicted octanol–water partition coefficient (Wildman–Crippen LogP) is 3.46. The number of nitrogens with one attached hydrogen (secondary N) is 1. The molecule has 1 aromatic heterocycles. The first-order chi connectivity index (χ1) is 10.1. The van der Waals surface area contributed by atoms with Gasteiger partial charge < -0.3 is 4.98 Å². The minimum absolute atomic E-state index is 0.174. The molecular formula is C15H8Cl2N2O2. The minimum atomic E-state index is -0.560. The molecule has 1 heterocycles. The van der Waals surface area contributed by atoms with Gasteiger partial charge in [0.1, 0.15) is 0 Å². The summed E-state index contributed by atoms with van der Waals surface area (Å²) in [5, 5.41) is 0.616. The predicted molar refractivity (Wildman–Crippen MR) is 82.3 cm³/mol. The molecule has 0 saturated heterocycles. The van der Waals surface area contributed by atoms with Crippen molar-refractivity contribution in [2.24, 2.45) is 0 Å². The van der Waals surface area contributed by atoms with Crippen molar-refractivity contribution in [3.8, 4) is 0 Å². The molecule has 4 nitrogen and oxygen atoms in total. The third-order valence-electron chi connectivity index (χ3n) is 2.99. The van der Waals surface area contributed by atoms with Crippen LogP contribution in [0.3, 0.4) is 0 Å². The van der Waals surface area contributed by atoms with E-state index in [0.717, 1.165) is 0 Å². The molecule has 0 aliphatic rings. The van der Waals surface area contributed by atoms with Crippen molar-refractivity contribution < 1.29 is 4.79 Å². The number of carbonyl (C=O) groups excluding carboxylic acids is 1. The van der Waals surface area contributed by atoms with Gasteiger partial charge in [-0.1, -0.05) is 53.5 Å². The van der Waals surface area contributed by atoms with Crippen molar-refractivity contribution >= 4 is 40.0 Å². The molecule has 0 saturated carbocycles. The number of rotatable bonds is 2. The van der Waals surface area contributed by atoms with Gasteiger partial charge in [-0.2, -0.15) is 0 Å². The van der Waals surface area contributed by atoms with E-state index in [-0.39, 0.29) is 5.69 Å². The molecule has 2 aromatic carbocycles. The Balaban J connectivity index is 2.20. The second-order valence-electron chi connectivity index (χ2n) is 4.39. The van der Waals surface area contributed by atoms with E-state index in [0.29, 0.717) is 26.6 Å². The Bertz CT molecular complexity index is 905. The number of H-pyrrole nitrogens is 1. The zero-order valence-corrected chi connectivity index (χ0v) is 12.1. The fraction of sp³-hybridized carbons (Fsp3) is 0. The fourth-order valence-corrected chi connectivity index (χ4v) is 2.28. The summed E-state index contributed by atoms with van der Waals surface area (Å²) in [4.78, 5) is 31.1. The zero-order chi connectivity index (χ0) is 15.0. The first-order valence-electron chi connectivity index (χ1n) is 6.05. The number of nitrogens with zero attached hydrogens (tertiary/aromatic N) is 1. The molecule has 3 rings (SSSR count). The normalized spacial score (nSPS) is 10.8. The lowest BCUT2D eigenvalue weighted by Gasteiger charge is -2.04. The van der Waals surface area contributed by atoms with Crippen LogP contribution in [-0.2, 0) is 0 Å². The van der Waals surface area contributed by atoms with Gasteiger partial charge in [-0.25, -0.2) is 4.98 Å². The van der Waals surface area contributed by atoms with Gasteiger partial charge in [0.2, 0.25) is 5.78 Å². The number of hydrogen-bond acceptors (Lipinski definition) is 3. The lowest BCUT2D eigenvalue weighted by Crippen LogP contribution is -2.20. The molecule has 21 heavy (non-hydrogen) atoms. The standard InChI is InChI=1S/C15H8Cl2N2O2/c16-9-6-11-12(7-10(9)17)19-15(21)13(18-11)14(20)8-4-2-1-3-5-8/h1-7H,(H,19,21). The summed E-state index contributed by atoms with van der Waals surface area (Å²) >= 11 is 11.8. The van der Waals surface area contributed by atoms with Crippen LogP contribution in [0, 0.1) is 0 Å². The second kappa shape index (κ2) is 5.31. The zero-order valence-electron chi connectivity index (χ0n) is 10.6. The van der Waals surface area contributed by atoms with Gasteiger partial charge in [-0.05, 0) is 12.1 Å². The maximum Gasteiger partial charge on any atom is 0.278 e. The van der Waals surface area contributed by atoms with Crippen molar-refractivity contribution in [3.05, 3.63) is 74.1 Å². The largest absolute Gasteiger partial charge is 0.319 e. The SMILES string of the molecule is O=C(c1ccccc1)c1nc2cc(Cl)c(Cl)cc2[nH]c1=O. The highest BCUT2D eigenvalue weighted by Gasteiger charge is 2.16. The molecule has 104 valence electrons. The van der Waals surface area contributed by atoms with E-state index in [1.54, 1.807) is 30.3 Å². The molecule has 6 heteroatoms. The summed E-state index contributed by atoms with van der Waals surface area (Å²) in [6.45, 7) is 0. The molecule has 0 aliphatic carbocycles.